The third-order valence-corrected chi connectivity index (χ3v) is 9.45. The van der Waals surface area contributed by atoms with Gasteiger partial charge in [0.1, 0.15) is 12.2 Å². The predicted octanol–water partition coefficient (Wildman–Crippen LogP) is 11.0. The highest BCUT2D eigenvalue weighted by atomic mass is 31.2. The second kappa shape index (κ2) is 39.1. The van der Waals surface area contributed by atoms with E-state index >= 15 is 0 Å². The number of ether oxygens (including phenoxy) is 2. The molecule has 0 aliphatic heterocycles. The molecule has 0 spiro atoms. The number of aliphatic hydroxyl groups excluding tert-OH is 2. The molecule has 0 aliphatic rings. The van der Waals surface area contributed by atoms with Crippen molar-refractivity contribution in [2.75, 3.05) is 33.0 Å². The van der Waals surface area contributed by atoms with E-state index in [9.17, 15) is 19.4 Å². The van der Waals surface area contributed by atoms with Crippen LogP contribution >= 0.6 is 7.82 Å². The molecule has 0 rings (SSSR count). The number of esters is 1. The molecule has 0 heterocycles. The summed E-state index contributed by atoms with van der Waals surface area (Å²) < 4.78 is 33.3. The van der Waals surface area contributed by atoms with E-state index in [-0.39, 0.29) is 19.6 Å². The molecule has 0 aromatic rings. The first-order chi connectivity index (χ1) is 25.3. The van der Waals surface area contributed by atoms with Gasteiger partial charge in [-0.25, -0.2) is 4.57 Å². The van der Waals surface area contributed by atoms with Gasteiger partial charge < -0.3 is 24.6 Å². The maximum Gasteiger partial charge on any atom is 0.472 e. The lowest BCUT2D eigenvalue weighted by atomic mass is 10.1. The number of allylic oxidation sites excluding steroid dienone is 8. The van der Waals surface area contributed by atoms with Crippen LogP contribution in [-0.2, 0) is 27.9 Å². The molecule has 0 aromatic heterocycles. The van der Waals surface area contributed by atoms with Crippen LogP contribution in [0.4, 0.5) is 0 Å². The van der Waals surface area contributed by atoms with Crippen LogP contribution in [0.25, 0.3) is 0 Å². The lowest BCUT2D eigenvalue weighted by molar-refractivity contribution is -0.154. The minimum Gasteiger partial charge on any atom is -0.457 e. The van der Waals surface area contributed by atoms with Crippen molar-refractivity contribution in [1.29, 1.82) is 0 Å². The first-order valence-corrected chi connectivity index (χ1v) is 22.1. The van der Waals surface area contributed by atoms with Crippen LogP contribution in [-0.4, -0.2) is 66.3 Å². The lowest BCUT2D eigenvalue weighted by Gasteiger charge is -2.20. The van der Waals surface area contributed by atoms with E-state index in [1.165, 1.54) is 64.2 Å². The molecule has 52 heavy (non-hydrogen) atoms. The van der Waals surface area contributed by atoms with Gasteiger partial charge in [-0.05, 0) is 70.6 Å². The van der Waals surface area contributed by atoms with Gasteiger partial charge in [0.15, 0.2) is 0 Å². The Morgan fingerprint density at radius 1 is 0.615 bits per heavy atom. The summed E-state index contributed by atoms with van der Waals surface area (Å²) in [5, 5.41) is 18.3. The quantitative estimate of drug-likeness (QED) is 0.0243. The molecule has 9 nitrogen and oxygen atoms in total. The van der Waals surface area contributed by atoms with E-state index < -0.39 is 39.2 Å². The minimum atomic E-state index is -4.52. The summed E-state index contributed by atoms with van der Waals surface area (Å²) in [5.41, 5.74) is 0. The number of aliphatic hydroxyl groups is 2. The molecule has 0 saturated carbocycles. The van der Waals surface area contributed by atoms with Crippen molar-refractivity contribution in [2.45, 2.75) is 180 Å². The summed E-state index contributed by atoms with van der Waals surface area (Å²) in [4.78, 5) is 22.5. The molecule has 0 bridgehead atoms. The Bertz CT molecular complexity index is 950. The Morgan fingerprint density at radius 3 is 1.67 bits per heavy atom. The van der Waals surface area contributed by atoms with Gasteiger partial charge in [-0.1, -0.05) is 140 Å². The first-order valence-electron chi connectivity index (χ1n) is 20.6. The number of phosphoric acid groups is 1. The second-order valence-electron chi connectivity index (χ2n) is 13.6. The summed E-state index contributed by atoms with van der Waals surface area (Å²) in [7, 11) is -4.52. The third kappa shape index (κ3) is 38.2. The Labute approximate surface area is 317 Å². The van der Waals surface area contributed by atoms with Crippen molar-refractivity contribution in [2.24, 2.45) is 0 Å². The minimum absolute atomic E-state index is 0.0398. The van der Waals surface area contributed by atoms with E-state index in [1.54, 1.807) is 0 Å². The summed E-state index contributed by atoms with van der Waals surface area (Å²) in [6, 6.07) is 0. The number of hydrogen-bond donors (Lipinski definition) is 3. The van der Waals surface area contributed by atoms with Crippen LogP contribution in [0, 0.1) is 0 Å². The molecule has 0 amide bonds. The van der Waals surface area contributed by atoms with E-state index in [0.717, 1.165) is 77.0 Å². The highest BCUT2D eigenvalue weighted by molar-refractivity contribution is 7.47. The van der Waals surface area contributed by atoms with Crippen LogP contribution in [0.3, 0.4) is 0 Å². The van der Waals surface area contributed by atoms with E-state index in [2.05, 4.69) is 62.5 Å². The average Bonchev–Trinajstić information content (AvgIpc) is 3.13. The van der Waals surface area contributed by atoms with Gasteiger partial charge in [0.2, 0.25) is 0 Å². The van der Waals surface area contributed by atoms with Gasteiger partial charge in [-0.2, -0.15) is 0 Å². The Morgan fingerprint density at radius 2 is 1.10 bits per heavy atom. The summed E-state index contributed by atoms with van der Waals surface area (Å²) in [6.45, 7) is 3.36. The zero-order chi connectivity index (χ0) is 38.2. The van der Waals surface area contributed by atoms with Crippen LogP contribution < -0.4 is 0 Å². The average molecular weight is 757 g/mol. The maximum atomic E-state index is 12.6. The third-order valence-electron chi connectivity index (χ3n) is 8.50. The summed E-state index contributed by atoms with van der Waals surface area (Å²) in [6.07, 6.45) is 42.1. The van der Waals surface area contributed by atoms with Gasteiger partial charge >= 0.3 is 13.8 Å². The van der Waals surface area contributed by atoms with Crippen molar-refractivity contribution in [3.05, 3.63) is 48.6 Å². The maximum absolute atomic E-state index is 12.6. The molecule has 0 saturated heterocycles. The number of carbonyl (C=O) groups excluding carboxylic acids is 1. The molecule has 304 valence electrons. The molecule has 0 aliphatic carbocycles. The molecule has 0 fully saturated rings. The van der Waals surface area contributed by atoms with Crippen LogP contribution in [0.2, 0.25) is 0 Å². The molecule has 10 heteroatoms. The Balaban J connectivity index is 4.20. The fraction of sp³-hybridized carbons (Fsp3) is 0.786. The fourth-order valence-electron chi connectivity index (χ4n) is 5.36. The zero-order valence-electron chi connectivity index (χ0n) is 33.0. The molecule has 3 N–H and O–H groups in total. The van der Waals surface area contributed by atoms with Crippen molar-refractivity contribution >= 4 is 13.8 Å². The predicted molar refractivity (Wildman–Crippen MR) is 214 cm³/mol. The number of unbranched alkanes of at least 4 members (excludes halogenated alkanes) is 17. The van der Waals surface area contributed by atoms with Gasteiger partial charge in [0, 0.05) is 13.0 Å². The highest BCUT2D eigenvalue weighted by Gasteiger charge is 2.26. The topological polar surface area (TPSA) is 132 Å². The number of hydrogen-bond acceptors (Lipinski definition) is 8. The fourth-order valence-corrected chi connectivity index (χ4v) is 6.15. The monoisotopic (exact) mass is 757 g/mol. The zero-order valence-corrected chi connectivity index (χ0v) is 33.9. The van der Waals surface area contributed by atoms with Crippen LogP contribution in [0.15, 0.2) is 48.6 Å². The molecular formula is C42H77O9P. The van der Waals surface area contributed by atoms with E-state index in [0.29, 0.717) is 13.0 Å². The van der Waals surface area contributed by atoms with Crippen LogP contribution in [0.1, 0.15) is 168 Å². The van der Waals surface area contributed by atoms with Crippen LogP contribution in [0.5, 0.6) is 0 Å². The molecule has 0 aromatic carbocycles. The molecule has 3 atom stereocenters. The highest BCUT2D eigenvalue weighted by Crippen LogP contribution is 2.43. The summed E-state index contributed by atoms with van der Waals surface area (Å²) >= 11 is 0. The van der Waals surface area contributed by atoms with Gasteiger partial charge in [0.25, 0.3) is 0 Å². The lowest BCUT2D eigenvalue weighted by Crippen LogP contribution is -2.29. The smallest absolute Gasteiger partial charge is 0.457 e. The Kier molecular flexibility index (Phi) is 37.9. The molecule has 3 unspecified atom stereocenters. The second-order valence-corrected chi connectivity index (χ2v) is 15.1. The normalized spacial score (nSPS) is 14.6. The molecular weight excluding hydrogens is 679 g/mol. The van der Waals surface area contributed by atoms with Gasteiger partial charge in [0.05, 0.1) is 26.4 Å². The van der Waals surface area contributed by atoms with Gasteiger partial charge in [-0.3, -0.25) is 13.8 Å². The van der Waals surface area contributed by atoms with E-state index in [4.69, 9.17) is 23.6 Å². The number of carbonyl (C=O) groups is 1. The number of phosphoric ester groups is 1. The van der Waals surface area contributed by atoms with Crippen molar-refractivity contribution in [3.8, 4) is 0 Å². The molecule has 0 radical (unpaired) electrons. The van der Waals surface area contributed by atoms with Crippen molar-refractivity contribution in [1.82, 2.24) is 0 Å². The standard InChI is InChI=1S/C42H77O9P/c1-3-5-7-9-11-13-15-17-18-19-20-21-23-25-27-29-31-33-35-48-38-41(39-50-52(46,47)49-37-40(44)36-43)51-42(45)34-32-30-28-26-24-22-16-14-12-10-8-6-4-2/h5,7,11,13-14,16-18,40-41,43-44H,3-4,6,8-10,12,15,19-39H2,1-2H3,(H,46,47)/b7-5-,13-11-,16-14-,18-17-. The first kappa shape index (κ1) is 50.4. The van der Waals surface area contributed by atoms with E-state index in [1.807, 2.05) is 0 Å². The van der Waals surface area contributed by atoms with Gasteiger partial charge in [-0.15, -0.1) is 0 Å². The number of rotatable bonds is 39. The SMILES string of the molecule is CC/C=C\C/C=C\C/C=C\CCCCCCCCCCOCC(COP(=O)(O)OCC(O)CO)OC(=O)CCCCCCC/C=C\CCCCCC. The van der Waals surface area contributed by atoms with Crippen molar-refractivity contribution in [3.63, 3.8) is 0 Å². The summed E-state index contributed by atoms with van der Waals surface area (Å²) in [5.74, 6) is -0.396. The largest absolute Gasteiger partial charge is 0.472 e. The Hall–Kier alpha value is -1.58. The van der Waals surface area contributed by atoms with Crippen molar-refractivity contribution < 1.29 is 43.0 Å².